The zero-order chi connectivity index (χ0) is 11.6. The minimum Gasteiger partial charge on any atom is -0.378 e. The molecule has 16 heavy (non-hydrogen) atoms. The van der Waals surface area contributed by atoms with E-state index in [2.05, 4.69) is 6.58 Å². The maximum Gasteiger partial charge on any atom is 0.0718 e. The van der Waals surface area contributed by atoms with E-state index in [1.54, 1.807) is 0 Å². The Labute approximate surface area is 96.9 Å². The molecule has 0 atom stereocenters. The molecule has 1 rings (SSSR count). The van der Waals surface area contributed by atoms with E-state index in [-0.39, 0.29) is 0 Å². The normalized spacial score (nSPS) is 10.3. The van der Waals surface area contributed by atoms with E-state index in [1.807, 2.05) is 30.3 Å². The maximum absolute atomic E-state index is 5.45. The molecular weight excluding hydrogens is 202 g/mol. The predicted molar refractivity (Wildman–Crippen MR) is 66.1 cm³/mol. The SMILES string of the molecule is C=Cc1ccc(COCCOCCN)cc1. The van der Waals surface area contributed by atoms with Gasteiger partial charge < -0.3 is 15.2 Å². The highest BCUT2D eigenvalue weighted by molar-refractivity contribution is 5.47. The standard InChI is InChI=1S/C13H19NO2/c1-2-12-3-5-13(6-4-12)11-16-10-9-15-8-7-14/h2-6H,1,7-11,14H2. The smallest absolute Gasteiger partial charge is 0.0718 e. The summed E-state index contributed by atoms with van der Waals surface area (Å²) in [5.41, 5.74) is 7.57. The number of ether oxygens (including phenoxy) is 2. The van der Waals surface area contributed by atoms with Gasteiger partial charge in [0.25, 0.3) is 0 Å². The summed E-state index contributed by atoms with van der Waals surface area (Å²) in [7, 11) is 0. The number of hydrogen-bond donors (Lipinski definition) is 1. The molecule has 0 aliphatic rings. The molecule has 0 aromatic heterocycles. The molecule has 2 N–H and O–H groups in total. The van der Waals surface area contributed by atoms with Gasteiger partial charge in [-0.3, -0.25) is 0 Å². The first kappa shape index (κ1) is 12.9. The van der Waals surface area contributed by atoms with Crippen LogP contribution in [0.2, 0.25) is 0 Å². The molecule has 1 aromatic carbocycles. The minimum absolute atomic E-state index is 0.559. The number of rotatable bonds is 8. The van der Waals surface area contributed by atoms with Crippen molar-refractivity contribution in [3.05, 3.63) is 42.0 Å². The lowest BCUT2D eigenvalue weighted by atomic mass is 10.1. The Morgan fingerprint density at radius 1 is 1.06 bits per heavy atom. The van der Waals surface area contributed by atoms with Gasteiger partial charge in [0.15, 0.2) is 0 Å². The van der Waals surface area contributed by atoms with Gasteiger partial charge >= 0.3 is 0 Å². The summed E-state index contributed by atoms with van der Waals surface area (Å²) < 4.78 is 10.6. The lowest BCUT2D eigenvalue weighted by molar-refractivity contribution is 0.0433. The third-order valence-corrected chi connectivity index (χ3v) is 2.12. The third kappa shape index (κ3) is 5.07. The lowest BCUT2D eigenvalue weighted by Gasteiger charge is -2.05. The molecule has 0 bridgehead atoms. The third-order valence-electron chi connectivity index (χ3n) is 2.12. The van der Waals surface area contributed by atoms with E-state index in [4.69, 9.17) is 15.2 Å². The molecule has 3 heteroatoms. The van der Waals surface area contributed by atoms with Crippen LogP contribution in [-0.4, -0.2) is 26.4 Å². The van der Waals surface area contributed by atoms with E-state index in [0.29, 0.717) is 33.0 Å². The molecule has 0 unspecified atom stereocenters. The van der Waals surface area contributed by atoms with Gasteiger partial charge in [-0.05, 0) is 11.1 Å². The van der Waals surface area contributed by atoms with Crippen molar-refractivity contribution in [1.29, 1.82) is 0 Å². The summed E-state index contributed by atoms with van der Waals surface area (Å²) in [6.45, 7) is 6.67. The monoisotopic (exact) mass is 221 g/mol. The number of nitrogens with two attached hydrogens (primary N) is 1. The van der Waals surface area contributed by atoms with Crippen LogP contribution < -0.4 is 5.73 Å². The zero-order valence-corrected chi connectivity index (χ0v) is 9.52. The Hall–Kier alpha value is -1.16. The average molecular weight is 221 g/mol. The Bertz CT molecular complexity index is 295. The van der Waals surface area contributed by atoms with Crippen LogP contribution in [0.25, 0.3) is 6.08 Å². The fraction of sp³-hybridized carbons (Fsp3) is 0.385. The summed E-state index contributed by atoms with van der Waals surface area (Å²) in [5, 5.41) is 0. The lowest BCUT2D eigenvalue weighted by Crippen LogP contribution is -2.11. The maximum atomic E-state index is 5.45. The summed E-state index contributed by atoms with van der Waals surface area (Å²) in [4.78, 5) is 0. The van der Waals surface area contributed by atoms with Crippen LogP contribution in [-0.2, 0) is 16.1 Å². The second-order valence-corrected chi connectivity index (χ2v) is 3.40. The van der Waals surface area contributed by atoms with Crippen LogP contribution >= 0.6 is 0 Å². The molecule has 1 aromatic rings. The highest BCUT2D eigenvalue weighted by Gasteiger charge is 1.93. The van der Waals surface area contributed by atoms with E-state index < -0.39 is 0 Å². The Morgan fingerprint density at radius 3 is 2.38 bits per heavy atom. The molecule has 88 valence electrons. The highest BCUT2D eigenvalue weighted by Crippen LogP contribution is 2.06. The van der Waals surface area contributed by atoms with Crippen molar-refractivity contribution in [2.24, 2.45) is 5.73 Å². The Balaban J connectivity index is 2.14. The van der Waals surface area contributed by atoms with Crippen molar-refractivity contribution in [2.45, 2.75) is 6.61 Å². The first-order chi connectivity index (χ1) is 7.86. The molecule has 3 nitrogen and oxygen atoms in total. The summed E-state index contributed by atoms with van der Waals surface area (Å²) >= 11 is 0. The van der Waals surface area contributed by atoms with Crippen LogP contribution in [0.15, 0.2) is 30.8 Å². The molecule has 0 saturated carbocycles. The molecule has 0 heterocycles. The molecule has 0 radical (unpaired) electrons. The van der Waals surface area contributed by atoms with E-state index >= 15 is 0 Å². The van der Waals surface area contributed by atoms with E-state index in [1.165, 1.54) is 0 Å². The average Bonchev–Trinajstić information content (AvgIpc) is 2.34. The predicted octanol–water partition coefficient (Wildman–Crippen LogP) is 1.82. The first-order valence-electron chi connectivity index (χ1n) is 5.43. The van der Waals surface area contributed by atoms with Crippen molar-refractivity contribution in [2.75, 3.05) is 26.4 Å². The van der Waals surface area contributed by atoms with Gasteiger partial charge in [0.05, 0.1) is 26.4 Å². The largest absolute Gasteiger partial charge is 0.378 e. The van der Waals surface area contributed by atoms with Gasteiger partial charge in [-0.15, -0.1) is 0 Å². The first-order valence-corrected chi connectivity index (χ1v) is 5.43. The second-order valence-electron chi connectivity index (χ2n) is 3.40. The van der Waals surface area contributed by atoms with Crippen molar-refractivity contribution >= 4 is 6.08 Å². The minimum atomic E-state index is 0.559. The van der Waals surface area contributed by atoms with E-state index in [9.17, 15) is 0 Å². The van der Waals surface area contributed by atoms with Crippen molar-refractivity contribution in [3.8, 4) is 0 Å². The van der Waals surface area contributed by atoms with Crippen molar-refractivity contribution in [1.82, 2.24) is 0 Å². The van der Waals surface area contributed by atoms with Crippen molar-refractivity contribution < 1.29 is 9.47 Å². The fourth-order valence-electron chi connectivity index (χ4n) is 1.24. The fourth-order valence-corrected chi connectivity index (χ4v) is 1.24. The van der Waals surface area contributed by atoms with Gasteiger partial charge in [0.1, 0.15) is 0 Å². The molecular formula is C13H19NO2. The van der Waals surface area contributed by atoms with Crippen LogP contribution in [0.3, 0.4) is 0 Å². The number of benzene rings is 1. The quantitative estimate of drug-likeness (QED) is 0.681. The van der Waals surface area contributed by atoms with Gasteiger partial charge in [0.2, 0.25) is 0 Å². The van der Waals surface area contributed by atoms with Crippen LogP contribution in [0, 0.1) is 0 Å². The highest BCUT2D eigenvalue weighted by atomic mass is 16.5. The van der Waals surface area contributed by atoms with Gasteiger partial charge in [-0.1, -0.05) is 36.9 Å². The van der Waals surface area contributed by atoms with Gasteiger partial charge in [-0.25, -0.2) is 0 Å². The zero-order valence-electron chi connectivity index (χ0n) is 9.52. The van der Waals surface area contributed by atoms with Crippen LogP contribution in [0.5, 0.6) is 0 Å². The van der Waals surface area contributed by atoms with Gasteiger partial charge in [-0.2, -0.15) is 0 Å². The Kier molecular flexibility index (Phi) is 6.49. The van der Waals surface area contributed by atoms with Crippen LogP contribution in [0.4, 0.5) is 0 Å². The van der Waals surface area contributed by atoms with Gasteiger partial charge in [0, 0.05) is 6.54 Å². The van der Waals surface area contributed by atoms with Crippen molar-refractivity contribution in [3.63, 3.8) is 0 Å². The second kappa shape index (κ2) is 8.05. The summed E-state index contributed by atoms with van der Waals surface area (Å²) in [5.74, 6) is 0. The molecule has 0 saturated heterocycles. The molecule has 0 aliphatic heterocycles. The molecule has 0 fully saturated rings. The number of hydrogen-bond acceptors (Lipinski definition) is 3. The van der Waals surface area contributed by atoms with E-state index in [0.717, 1.165) is 11.1 Å². The summed E-state index contributed by atoms with van der Waals surface area (Å²) in [6, 6.07) is 8.13. The summed E-state index contributed by atoms with van der Waals surface area (Å²) in [6.07, 6.45) is 1.82. The molecule has 0 spiro atoms. The van der Waals surface area contributed by atoms with Crippen LogP contribution in [0.1, 0.15) is 11.1 Å². The topological polar surface area (TPSA) is 44.5 Å². The molecule has 0 aliphatic carbocycles. The molecule has 0 amide bonds. The Morgan fingerprint density at radius 2 is 1.75 bits per heavy atom.